The molecule has 0 saturated heterocycles. The quantitative estimate of drug-likeness (QED) is 0.675. The van der Waals surface area contributed by atoms with Crippen LogP contribution in [0.1, 0.15) is 12.0 Å². The van der Waals surface area contributed by atoms with E-state index in [1.54, 1.807) is 7.11 Å². The molecule has 0 bridgehead atoms. The fraction of sp³-hybridized carbons (Fsp3) is 0.364. The molecule has 1 aromatic carbocycles. The Labute approximate surface area is 89.4 Å². The second-order valence-electron chi connectivity index (χ2n) is 3.24. The molecule has 0 unspecified atom stereocenters. The zero-order valence-electron chi connectivity index (χ0n) is 8.82. The summed E-state index contributed by atoms with van der Waals surface area (Å²) in [4.78, 5) is 10.5. The molecule has 82 valence electrons. The molecule has 4 heteroatoms. The smallest absolute Gasteiger partial charge is 0.218 e. The molecule has 0 heterocycles. The molecular formula is C11H16N2O2. The van der Waals surface area contributed by atoms with Gasteiger partial charge in [0.15, 0.2) is 0 Å². The van der Waals surface area contributed by atoms with Crippen LogP contribution < -0.4 is 15.8 Å². The van der Waals surface area contributed by atoms with Crippen LogP contribution in [0.5, 0.6) is 5.75 Å². The Bertz CT molecular complexity index is 309. The summed E-state index contributed by atoms with van der Waals surface area (Å²) in [6.45, 7) is 1.35. The normalized spacial score (nSPS) is 9.93. The van der Waals surface area contributed by atoms with Crippen molar-refractivity contribution in [2.45, 2.75) is 13.0 Å². The molecule has 0 aromatic heterocycles. The Balaban J connectivity index is 2.28. The zero-order valence-corrected chi connectivity index (χ0v) is 8.82. The van der Waals surface area contributed by atoms with Crippen LogP contribution in [-0.2, 0) is 11.3 Å². The molecule has 15 heavy (non-hydrogen) atoms. The Morgan fingerprint density at radius 1 is 1.40 bits per heavy atom. The second kappa shape index (κ2) is 6.03. The first kappa shape index (κ1) is 11.5. The molecule has 0 aliphatic rings. The van der Waals surface area contributed by atoms with Crippen molar-refractivity contribution in [1.82, 2.24) is 5.32 Å². The standard InChI is InChI=1S/C11H16N2O2/c1-15-10-4-2-9(3-5-10)8-13-7-6-11(12)14/h2-5,13H,6-8H2,1H3,(H2,12,14). The van der Waals surface area contributed by atoms with Gasteiger partial charge in [0, 0.05) is 19.5 Å². The third-order valence-corrected chi connectivity index (χ3v) is 2.04. The first-order chi connectivity index (χ1) is 7.22. The van der Waals surface area contributed by atoms with Gasteiger partial charge in [-0.1, -0.05) is 12.1 Å². The van der Waals surface area contributed by atoms with Gasteiger partial charge in [-0.05, 0) is 17.7 Å². The fourth-order valence-corrected chi connectivity index (χ4v) is 1.19. The average Bonchev–Trinajstić information content (AvgIpc) is 2.25. The first-order valence-electron chi connectivity index (χ1n) is 4.84. The molecule has 0 radical (unpaired) electrons. The van der Waals surface area contributed by atoms with E-state index in [0.717, 1.165) is 17.9 Å². The number of hydrogen-bond acceptors (Lipinski definition) is 3. The van der Waals surface area contributed by atoms with Crippen molar-refractivity contribution in [1.29, 1.82) is 0 Å². The van der Waals surface area contributed by atoms with E-state index in [0.29, 0.717) is 13.0 Å². The lowest BCUT2D eigenvalue weighted by Gasteiger charge is -2.04. The van der Waals surface area contributed by atoms with E-state index in [1.165, 1.54) is 0 Å². The molecule has 0 spiro atoms. The lowest BCUT2D eigenvalue weighted by Crippen LogP contribution is -2.21. The molecule has 0 aliphatic carbocycles. The maximum absolute atomic E-state index is 10.5. The Kier molecular flexibility index (Phi) is 4.63. The van der Waals surface area contributed by atoms with Gasteiger partial charge >= 0.3 is 0 Å². The number of ether oxygens (including phenoxy) is 1. The SMILES string of the molecule is COc1ccc(CNCCC(N)=O)cc1. The number of amides is 1. The topological polar surface area (TPSA) is 64.3 Å². The van der Waals surface area contributed by atoms with Gasteiger partial charge in [-0.3, -0.25) is 4.79 Å². The van der Waals surface area contributed by atoms with E-state index >= 15 is 0 Å². The molecule has 1 aromatic rings. The minimum absolute atomic E-state index is 0.280. The van der Waals surface area contributed by atoms with E-state index < -0.39 is 0 Å². The molecule has 0 atom stereocenters. The number of rotatable bonds is 6. The highest BCUT2D eigenvalue weighted by Crippen LogP contribution is 2.10. The van der Waals surface area contributed by atoms with Crippen LogP contribution in [0, 0.1) is 0 Å². The van der Waals surface area contributed by atoms with Crippen LogP contribution in [0.3, 0.4) is 0 Å². The van der Waals surface area contributed by atoms with Gasteiger partial charge in [-0.2, -0.15) is 0 Å². The van der Waals surface area contributed by atoms with Crippen molar-refractivity contribution >= 4 is 5.91 Å². The number of carbonyl (C=O) groups excluding carboxylic acids is 1. The van der Waals surface area contributed by atoms with Crippen LogP contribution in [0.25, 0.3) is 0 Å². The number of methoxy groups -OCH3 is 1. The predicted molar refractivity (Wildman–Crippen MR) is 58.5 cm³/mol. The van der Waals surface area contributed by atoms with E-state index in [2.05, 4.69) is 5.32 Å². The maximum atomic E-state index is 10.5. The van der Waals surface area contributed by atoms with Gasteiger partial charge in [0.1, 0.15) is 5.75 Å². The largest absolute Gasteiger partial charge is 0.497 e. The first-order valence-corrected chi connectivity index (χ1v) is 4.84. The summed E-state index contributed by atoms with van der Waals surface area (Å²) in [6.07, 6.45) is 0.371. The Morgan fingerprint density at radius 3 is 2.60 bits per heavy atom. The number of nitrogens with two attached hydrogens (primary N) is 1. The van der Waals surface area contributed by atoms with Crippen molar-refractivity contribution < 1.29 is 9.53 Å². The number of primary amides is 1. The van der Waals surface area contributed by atoms with E-state index in [1.807, 2.05) is 24.3 Å². The number of nitrogens with one attached hydrogen (secondary N) is 1. The lowest BCUT2D eigenvalue weighted by atomic mass is 10.2. The summed E-state index contributed by atoms with van der Waals surface area (Å²) in [6, 6.07) is 7.78. The minimum atomic E-state index is -0.280. The highest BCUT2D eigenvalue weighted by Gasteiger charge is 1.95. The highest BCUT2D eigenvalue weighted by molar-refractivity contribution is 5.73. The minimum Gasteiger partial charge on any atom is -0.497 e. The van der Waals surface area contributed by atoms with Crippen LogP contribution >= 0.6 is 0 Å². The summed E-state index contributed by atoms with van der Waals surface area (Å²) in [5.74, 6) is 0.563. The molecule has 0 fully saturated rings. The van der Waals surface area contributed by atoms with E-state index in [-0.39, 0.29) is 5.91 Å². The van der Waals surface area contributed by atoms with Crippen molar-refractivity contribution in [2.75, 3.05) is 13.7 Å². The Morgan fingerprint density at radius 2 is 2.07 bits per heavy atom. The van der Waals surface area contributed by atoms with Gasteiger partial charge in [-0.15, -0.1) is 0 Å². The van der Waals surface area contributed by atoms with E-state index in [4.69, 9.17) is 10.5 Å². The molecule has 0 saturated carbocycles. The molecular weight excluding hydrogens is 192 g/mol. The molecule has 1 rings (SSSR count). The highest BCUT2D eigenvalue weighted by atomic mass is 16.5. The summed E-state index contributed by atoms with van der Waals surface area (Å²) in [7, 11) is 1.64. The van der Waals surface area contributed by atoms with Crippen molar-refractivity contribution in [3.63, 3.8) is 0 Å². The van der Waals surface area contributed by atoms with Gasteiger partial charge < -0.3 is 15.8 Å². The van der Waals surface area contributed by atoms with E-state index in [9.17, 15) is 4.79 Å². The second-order valence-corrected chi connectivity index (χ2v) is 3.24. The zero-order chi connectivity index (χ0) is 11.1. The Hall–Kier alpha value is -1.55. The van der Waals surface area contributed by atoms with Gasteiger partial charge in [-0.25, -0.2) is 0 Å². The molecule has 0 aliphatic heterocycles. The number of hydrogen-bond donors (Lipinski definition) is 2. The molecule has 4 nitrogen and oxygen atoms in total. The average molecular weight is 208 g/mol. The number of carbonyl (C=O) groups is 1. The summed E-state index contributed by atoms with van der Waals surface area (Å²) in [5, 5.41) is 3.13. The van der Waals surface area contributed by atoms with Crippen molar-refractivity contribution in [3.05, 3.63) is 29.8 Å². The monoisotopic (exact) mass is 208 g/mol. The van der Waals surface area contributed by atoms with Crippen molar-refractivity contribution in [2.24, 2.45) is 5.73 Å². The number of benzene rings is 1. The molecule has 3 N–H and O–H groups in total. The van der Waals surface area contributed by atoms with Crippen molar-refractivity contribution in [3.8, 4) is 5.75 Å². The summed E-state index contributed by atoms with van der Waals surface area (Å²) >= 11 is 0. The third-order valence-electron chi connectivity index (χ3n) is 2.04. The van der Waals surface area contributed by atoms with Gasteiger partial charge in [0.05, 0.1) is 7.11 Å². The lowest BCUT2D eigenvalue weighted by molar-refractivity contribution is -0.117. The maximum Gasteiger partial charge on any atom is 0.218 e. The van der Waals surface area contributed by atoms with Gasteiger partial charge in [0.2, 0.25) is 5.91 Å². The van der Waals surface area contributed by atoms with Crippen LogP contribution in [0.2, 0.25) is 0 Å². The van der Waals surface area contributed by atoms with Crippen LogP contribution in [0.15, 0.2) is 24.3 Å². The predicted octanol–water partition coefficient (Wildman–Crippen LogP) is 0.660. The summed E-state index contributed by atoms with van der Waals surface area (Å²) < 4.78 is 5.04. The fourth-order valence-electron chi connectivity index (χ4n) is 1.19. The third kappa shape index (κ3) is 4.46. The van der Waals surface area contributed by atoms with Crippen LogP contribution in [0.4, 0.5) is 0 Å². The van der Waals surface area contributed by atoms with Gasteiger partial charge in [0.25, 0.3) is 0 Å². The molecule has 1 amide bonds. The summed E-state index contributed by atoms with van der Waals surface area (Å²) in [5.41, 5.74) is 6.17. The van der Waals surface area contributed by atoms with Crippen LogP contribution in [-0.4, -0.2) is 19.6 Å².